The maximum atomic E-state index is 6.20. The molecule has 0 aliphatic heterocycles. The third-order valence-electron chi connectivity index (χ3n) is 3.46. The van der Waals surface area contributed by atoms with Gasteiger partial charge in [-0.3, -0.25) is 4.99 Å². The summed E-state index contributed by atoms with van der Waals surface area (Å²) >= 11 is 6.20. The van der Waals surface area contributed by atoms with Gasteiger partial charge in [0.1, 0.15) is 6.10 Å². The van der Waals surface area contributed by atoms with Crippen LogP contribution in [0, 0.1) is 13.8 Å². The maximum absolute atomic E-state index is 6.20. The zero-order valence-corrected chi connectivity index (χ0v) is 14.4. The van der Waals surface area contributed by atoms with Gasteiger partial charge in [0.25, 0.3) is 0 Å². The molecule has 5 heteroatoms. The van der Waals surface area contributed by atoms with Crippen molar-refractivity contribution in [1.29, 1.82) is 0 Å². The predicted molar refractivity (Wildman–Crippen MR) is 97.2 cm³/mol. The molecule has 2 aromatic carbocycles. The first-order valence-corrected chi connectivity index (χ1v) is 7.80. The summed E-state index contributed by atoms with van der Waals surface area (Å²) in [4.78, 5) is 4.37. The fraction of sp³-hybridized carbons (Fsp3) is 0.278. The molecule has 0 bridgehead atoms. The molecule has 0 radical (unpaired) electrons. The summed E-state index contributed by atoms with van der Waals surface area (Å²) in [6.07, 6.45) is -0.233. The van der Waals surface area contributed by atoms with E-state index in [1.54, 1.807) is 7.11 Å². The quantitative estimate of drug-likeness (QED) is 0.641. The van der Waals surface area contributed by atoms with E-state index in [1.807, 2.05) is 50.2 Å². The standard InChI is InChI=1S/C18H22ClN3O/c1-12-8-13(2)10-14(9-12)22-18(20)21-11-17(23-3)15-6-4-5-7-16(15)19/h4-10,17H,11H2,1-3H3,(H3,20,21,22). The number of ether oxygens (including phenoxy) is 1. The number of nitrogens with one attached hydrogen (secondary N) is 1. The summed E-state index contributed by atoms with van der Waals surface area (Å²) in [6, 6.07) is 13.7. The molecule has 4 nitrogen and oxygen atoms in total. The lowest BCUT2D eigenvalue weighted by Crippen LogP contribution is -2.24. The van der Waals surface area contributed by atoms with Crippen molar-refractivity contribution in [2.75, 3.05) is 19.0 Å². The van der Waals surface area contributed by atoms with Crippen molar-refractivity contribution < 1.29 is 4.74 Å². The van der Waals surface area contributed by atoms with E-state index in [4.69, 9.17) is 22.1 Å². The Kier molecular flexibility index (Phi) is 6.02. The average molecular weight is 332 g/mol. The lowest BCUT2D eigenvalue weighted by atomic mass is 10.1. The zero-order valence-electron chi connectivity index (χ0n) is 13.6. The van der Waals surface area contributed by atoms with Crippen LogP contribution in [0.25, 0.3) is 0 Å². The minimum absolute atomic E-state index is 0.233. The van der Waals surface area contributed by atoms with Crippen molar-refractivity contribution in [2.24, 2.45) is 10.7 Å². The lowest BCUT2D eigenvalue weighted by molar-refractivity contribution is 0.111. The molecule has 0 fully saturated rings. The SMILES string of the molecule is COC(CN=C(N)Nc1cc(C)cc(C)c1)c1ccccc1Cl. The summed E-state index contributed by atoms with van der Waals surface area (Å²) < 4.78 is 5.48. The molecular weight excluding hydrogens is 310 g/mol. The third kappa shape index (κ3) is 4.98. The highest BCUT2D eigenvalue weighted by molar-refractivity contribution is 6.31. The smallest absolute Gasteiger partial charge is 0.193 e. The third-order valence-corrected chi connectivity index (χ3v) is 3.80. The zero-order chi connectivity index (χ0) is 16.8. The van der Waals surface area contributed by atoms with Gasteiger partial charge < -0.3 is 15.8 Å². The topological polar surface area (TPSA) is 59.6 Å². The Morgan fingerprint density at radius 3 is 2.48 bits per heavy atom. The summed E-state index contributed by atoms with van der Waals surface area (Å²) in [6.45, 7) is 4.48. The van der Waals surface area contributed by atoms with Gasteiger partial charge in [0.15, 0.2) is 5.96 Å². The van der Waals surface area contributed by atoms with Crippen LogP contribution in [-0.4, -0.2) is 19.6 Å². The van der Waals surface area contributed by atoms with E-state index in [0.717, 1.165) is 11.3 Å². The monoisotopic (exact) mass is 331 g/mol. The number of anilines is 1. The van der Waals surface area contributed by atoms with E-state index in [2.05, 4.69) is 16.4 Å². The number of halogens is 1. The van der Waals surface area contributed by atoms with Crippen LogP contribution in [0.5, 0.6) is 0 Å². The highest BCUT2D eigenvalue weighted by atomic mass is 35.5. The number of aliphatic imine (C=N–C) groups is 1. The van der Waals surface area contributed by atoms with Gasteiger partial charge in [-0.25, -0.2) is 0 Å². The first-order valence-electron chi connectivity index (χ1n) is 7.42. The van der Waals surface area contributed by atoms with Crippen molar-refractivity contribution in [1.82, 2.24) is 0 Å². The molecule has 0 spiro atoms. The highest BCUT2D eigenvalue weighted by Gasteiger charge is 2.13. The van der Waals surface area contributed by atoms with Crippen LogP contribution in [0.15, 0.2) is 47.5 Å². The molecule has 0 aromatic heterocycles. The molecule has 0 heterocycles. The summed E-state index contributed by atoms with van der Waals surface area (Å²) in [7, 11) is 1.64. The van der Waals surface area contributed by atoms with E-state index in [-0.39, 0.29) is 6.10 Å². The number of rotatable bonds is 5. The molecule has 2 aromatic rings. The molecule has 2 rings (SSSR count). The number of hydrogen-bond donors (Lipinski definition) is 2. The largest absolute Gasteiger partial charge is 0.375 e. The van der Waals surface area contributed by atoms with Crippen molar-refractivity contribution in [3.8, 4) is 0 Å². The lowest BCUT2D eigenvalue weighted by Gasteiger charge is -2.15. The number of benzene rings is 2. The van der Waals surface area contributed by atoms with Crippen molar-refractivity contribution in [3.63, 3.8) is 0 Å². The number of nitrogens with two attached hydrogens (primary N) is 1. The molecule has 3 N–H and O–H groups in total. The van der Waals surface area contributed by atoms with Crippen LogP contribution >= 0.6 is 11.6 Å². The summed E-state index contributed by atoms with van der Waals surface area (Å²) in [5.74, 6) is 0.351. The Morgan fingerprint density at radius 1 is 1.22 bits per heavy atom. The number of nitrogens with zero attached hydrogens (tertiary/aromatic N) is 1. The van der Waals surface area contributed by atoms with Gasteiger partial charge in [-0.05, 0) is 43.2 Å². The molecule has 0 aliphatic carbocycles. The molecule has 0 aliphatic rings. The average Bonchev–Trinajstić information content (AvgIpc) is 2.48. The molecule has 0 saturated heterocycles. The Hall–Kier alpha value is -2.04. The van der Waals surface area contributed by atoms with Crippen LogP contribution in [0.1, 0.15) is 22.8 Å². The molecule has 23 heavy (non-hydrogen) atoms. The van der Waals surface area contributed by atoms with E-state index < -0.39 is 0 Å². The number of hydrogen-bond acceptors (Lipinski definition) is 2. The minimum Gasteiger partial charge on any atom is -0.375 e. The summed E-state index contributed by atoms with van der Waals surface area (Å²) in [5, 5.41) is 3.77. The van der Waals surface area contributed by atoms with Gasteiger partial charge in [-0.1, -0.05) is 35.9 Å². The minimum atomic E-state index is -0.233. The maximum Gasteiger partial charge on any atom is 0.193 e. The molecule has 0 saturated carbocycles. The van der Waals surface area contributed by atoms with Crippen molar-refractivity contribution in [3.05, 3.63) is 64.2 Å². The van der Waals surface area contributed by atoms with Crippen LogP contribution in [0.4, 0.5) is 5.69 Å². The first kappa shape index (κ1) is 17.3. The van der Waals surface area contributed by atoms with Crippen molar-refractivity contribution in [2.45, 2.75) is 20.0 Å². The van der Waals surface area contributed by atoms with Crippen molar-refractivity contribution >= 4 is 23.2 Å². The van der Waals surface area contributed by atoms with E-state index in [1.165, 1.54) is 11.1 Å². The number of aryl methyl sites for hydroxylation is 2. The summed E-state index contributed by atoms with van der Waals surface area (Å²) in [5.41, 5.74) is 10.1. The van der Waals surface area contributed by atoms with Crippen LogP contribution < -0.4 is 11.1 Å². The fourth-order valence-corrected chi connectivity index (χ4v) is 2.71. The molecule has 122 valence electrons. The normalized spacial score (nSPS) is 13.0. The molecule has 1 unspecified atom stereocenters. The number of methoxy groups -OCH3 is 1. The second-order valence-corrected chi connectivity index (χ2v) is 5.88. The Balaban J connectivity index is 2.07. The molecule has 1 atom stereocenters. The predicted octanol–water partition coefficient (Wildman–Crippen LogP) is 4.07. The Morgan fingerprint density at radius 2 is 1.87 bits per heavy atom. The van der Waals surface area contributed by atoms with Gasteiger partial charge in [0.2, 0.25) is 0 Å². The van der Waals surface area contributed by atoms with Gasteiger partial charge in [-0.15, -0.1) is 0 Å². The van der Waals surface area contributed by atoms with Crippen LogP contribution in [-0.2, 0) is 4.74 Å². The Bertz CT molecular complexity index is 680. The Labute approximate surface area is 142 Å². The fourth-order valence-electron chi connectivity index (χ4n) is 2.45. The van der Waals surface area contributed by atoms with E-state index in [9.17, 15) is 0 Å². The van der Waals surface area contributed by atoms with Gasteiger partial charge in [0.05, 0.1) is 6.54 Å². The highest BCUT2D eigenvalue weighted by Crippen LogP contribution is 2.25. The second kappa shape index (κ2) is 7.99. The van der Waals surface area contributed by atoms with Crippen LogP contribution in [0.2, 0.25) is 5.02 Å². The van der Waals surface area contributed by atoms with Gasteiger partial charge >= 0.3 is 0 Å². The van der Waals surface area contributed by atoms with E-state index in [0.29, 0.717) is 17.5 Å². The van der Waals surface area contributed by atoms with Crippen LogP contribution in [0.3, 0.4) is 0 Å². The second-order valence-electron chi connectivity index (χ2n) is 5.47. The van der Waals surface area contributed by atoms with Gasteiger partial charge in [-0.2, -0.15) is 0 Å². The van der Waals surface area contributed by atoms with Gasteiger partial charge in [0, 0.05) is 23.4 Å². The molecule has 0 amide bonds. The van der Waals surface area contributed by atoms with E-state index >= 15 is 0 Å². The molecular formula is C18H22ClN3O. The number of guanidine groups is 1. The first-order chi connectivity index (χ1) is 11.0.